The van der Waals surface area contributed by atoms with Crippen LogP contribution < -0.4 is 16.8 Å². The number of rotatable bonds is 5. The lowest BCUT2D eigenvalue weighted by Crippen LogP contribution is -2.21. The van der Waals surface area contributed by atoms with Gasteiger partial charge in [0.15, 0.2) is 5.96 Å². The highest BCUT2D eigenvalue weighted by atomic mass is 32.1. The summed E-state index contributed by atoms with van der Waals surface area (Å²) < 4.78 is 0. The minimum absolute atomic E-state index is 0.0234. The Morgan fingerprint density at radius 1 is 1.20 bits per heavy atom. The van der Waals surface area contributed by atoms with E-state index in [1.165, 1.54) is 21.6 Å². The number of nitrogens with one attached hydrogen (secondary N) is 2. The molecule has 0 aliphatic heterocycles. The molecule has 0 bridgehead atoms. The van der Waals surface area contributed by atoms with E-state index in [1.807, 2.05) is 17.5 Å². The van der Waals surface area contributed by atoms with E-state index in [0.717, 1.165) is 28.5 Å². The van der Waals surface area contributed by atoms with E-state index in [0.29, 0.717) is 5.13 Å². The van der Waals surface area contributed by atoms with Crippen LogP contribution in [0.5, 0.6) is 0 Å². The van der Waals surface area contributed by atoms with Gasteiger partial charge in [-0.3, -0.25) is 0 Å². The van der Waals surface area contributed by atoms with E-state index < -0.39 is 0 Å². The molecule has 0 atom stereocenters. The Bertz CT molecular complexity index is 1010. The topological polar surface area (TPSA) is 105 Å². The summed E-state index contributed by atoms with van der Waals surface area (Å²) in [5.41, 5.74) is 12.8. The van der Waals surface area contributed by atoms with Gasteiger partial charge in [0.2, 0.25) is 5.13 Å². The summed E-state index contributed by atoms with van der Waals surface area (Å²) in [6, 6.07) is 14.5. The molecule has 6 N–H and O–H groups in total. The second-order valence-electron chi connectivity index (χ2n) is 5.44. The van der Waals surface area contributed by atoms with Gasteiger partial charge in [-0.15, -0.1) is 22.7 Å². The lowest BCUT2D eigenvalue weighted by Gasteiger charge is -2.00. The number of anilines is 1. The Morgan fingerprint density at radius 2 is 2.08 bits per heavy atom. The summed E-state index contributed by atoms with van der Waals surface area (Å²) >= 11 is 3.12. The summed E-state index contributed by atoms with van der Waals surface area (Å²) in [5.74, 6) is 1.04. The minimum atomic E-state index is 0.0234. The lowest BCUT2D eigenvalue weighted by atomic mass is 10.2. The quantitative estimate of drug-likeness (QED) is 0.317. The monoisotopic (exact) mass is 368 g/mol. The molecule has 0 aliphatic carbocycles. The zero-order chi connectivity index (χ0) is 17.2. The van der Waals surface area contributed by atoms with Gasteiger partial charge in [-0.1, -0.05) is 18.2 Å². The fraction of sp³-hybridized carbons (Fsp3) is 0.0588. The van der Waals surface area contributed by atoms with E-state index in [2.05, 4.69) is 50.6 Å². The Labute approximate surface area is 152 Å². The molecule has 0 saturated heterocycles. The molecule has 25 heavy (non-hydrogen) atoms. The van der Waals surface area contributed by atoms with Crippen molar-refractivity contribution >= 4 is 50.5 Å². The maximum absolute atomic E-state index is 5.39. The van der Waals surface area contributed by atoms with Crippen molar-refractivity contribution in [1.29, 1.82) is 0 Å². The van der Waals surface area contributed by atoms with E-state index in [9.17, 15) is 0 Å². The third kappa shape index (κ3) is 3.49. The molecule has 0 fully saturated rings. The molecule has 4 rings (SSSR count). The summed E-state index contributed by atoms with van der Waals surface area (Å²) in [6.07, 6.45) is 0. The number of H-pyrrole nitrogens is 1. The van der Waals surface area contributed by atoms with Crippen molar-refractivity contribution in [2.24, 2.45) is 16.5 Å². The number of hydrogen-bond acceptors (Lipinski definition) is 5. The van der Waals surface area contributed by atoms with Gasteiger partial charge in [0.1, 0.15) is 5.82 Å². The highest BCUT2D eigenvalue weighted by molar-refractivity contribution is 7.16. The molecule has 0 saturated carbocycles. The van der Waals surface area contributed by atoms with Gasteiger partial charge in [-0.25, -0.2) is 4.98 Å². The number of nitrogens with zero attached hydrogens (tertiary/aromatic N) is 2. The number of aromatic nitrogens is 2. The number of benzene rings is 1. The van der Waals surface area contributed by atoms with Crippen LogP contribution in [0.4, 0.5) is 10.9 Å². The first kappa shape index (κ1) is 15.7. The molecular formula is C17H16N6S2. The van der Waals surface area contributed by atoms with Crippen molar-refractivity contribution in [2.75, 3.05) is 5.32 Å². The van der Waals surface area contributed by atoms with Gasteiger partial charge < -0.3 is 21.8 Å². The first-order valence-corrected chi connectivity index (χ1v) is 9.33. The largest absolute Gasteiger partial charge is 0.370 e. The predicted octanol–water partition coefficient (Wildman–Crippen LogP) is 3.87. The number of para-hydroxylation sites is 1. The second kappa shape index (κ2) is 6.58. The molecule has 3 aromatic heterocycles. The van der Waals surface area contributed by atoms with E-state index in [1.54, 1.807) is 11.3 Å². The molecule has 0 spiro atoms. The van der Waals surface area contributed by atoms with E-state index in [4.69, 9.17) is 11.5 Å². The second-order valence-corrected chi connectivity index (χ2v) is 7.45. The van der Waals surface area contributed by atoms with Crippen molar-refractivity contribution < 1.29 is 0 Å². The average Bonchev–Trinajstić information content (AvgIpc) is 3.31. The lowest BCUT2D eigenvalue weighted by molar-refractivity contribution is 1.17. The van der Waals surface area contributed by atoms with Gasteiger partial charge in [0.25, 0.3) is 0 Å². The number of hydrogen-bond donors (Lipinski definition) is 4. The number of thiazole rings is 1. The number of fused-ring (bicyclic) bond motifs is 1. The standard InChI is InChI=1S/C17H16N6S2/c18-16(19)23-17-22-13(9-24-17)14-6-5-11(25-14)8-20-15-7-10-3-1-2-4-12(10)21-15/h1-7,9,20-21H,8H2,(H4,18,19,22,23). The molecule has 0 radical (unpaired) electrons. The first-order valence-electron chi connectivity index (χ1n) is 7.63. The normalized spacial score (nSPS) is 10.9. The smallest absolute Gasteiger partial charge is 0.212 e. The molecule has 4 aromatic rings. The van der Waals surface area contributed by atoms with Crippen molar-refractivity contribution in [2.45, 2.75) is 6.54 Å². The van der Waals surface area contributed by atoms with Crippen LogP contribution in [-0.2, 0) is 6.54 Å². The summed E-state index contributed by atoms with van der Waals surface area (Å²) in [6.45, 7) is 0.752. The zero-order valence-electron chi connectivity index (χ0n) is 13.2. The third-order valence-electron chi connectivity index (χ3n) is 3.61. The average molecular weight is 368 g/mol. The van der Waals surface area contributed by atoms with E-state index in [-0.39, 0.29) is 5.96 Å². The molecule has 6 nitrogen and oxygen atoms in total. The highest BCUT2D eigenvalue weighted by Crippen LogP contribution is 2.32. The Kier molecular flexibility index (Phi) is 4.12. The Balaban J connectivity index is 1.46. The maximum atomic E-state index is 5.39. The zero-order valence-corrected chi connectivity index (χ0v) is 14.8. The number of thiophene rings is 1. The van der Waals surface area contributed by atoms with Crippen LogP contribution in [0.1, 0.15) is 4.88 Å². The van der Waals surface area contributed by atoms with Crippen LogP contribution in [0.3, 0.4) is 0 Å². The van der Waals surface area contributed by atoms with Gasteiger partial charge in [0, 0.05) is 21.2 Å². The number of aliphatic imine (C=N–C) groups is 1. The van der Waals surface area contributed by atoms with Crippen LogP contribution in [0.2, 0.25) is 0 Å². The summed E-state index contributed by atoms with van der Waals surface area (Å²) in [4.78, 5) is 14.1. The fourth-order valence-corrected chi connectivity index (χ4v) is 4.19. The molecular weight excluding hydrogens is 352 g/mol. The molecule has 126 valence electrons. The van der Waals surface area contributed by atoms with Gasteiger partial charge in [-0.05, 0) is 24.3 Å². The van der Waals surface area contributed by atoms with Crippen molar-refractivity contribution in [3.05, 3.63) is 52.7 Å². The number of guanidine groups is 1. The fourth-order valence-electron chi connectivity index (χ4n) is 2.50. The van der Waals surface area contributed by atoms with Gasteiger partial charge in [-0.2, -0.15) is 4.99 Å². The Hall–Kier alpha value is -2.84. The molecule has 0 amide bonds. The van der Waals surface area contributed by atoms with E-state index >= 15 is 0 Å². The van der Waals surface area contributed by atoms with Crippen molar-refractivity contribution in [3.8, 4) is 10.6 Å². The number of aromatic amines is 1. The van der Waals surface area contributed by atoms with Crippen LogP contribution in [0.25, 0.3) is 21.5 Å². The molecule has 0 aliphatic rings. The molecule has 3 heterocycles. The van der Waals surface area contributed by atoms with Crippen molar-refractivity contribution in [1.82, 2.24) is 9.97 Å². The van der Waals surface area contributed by atoms with Gasteiger partial charge >= 0.3 is 0 Å². The minimum Gasteiger partial charge on any atom is -0.370 e. The SMILES string of the molecule is NC(N)=Nc1nc(-c2ccc(CNc3cc4ccccc4[nH]3)s2)cs1. The molecule has 1 aromatic carbocycles. The third-order valence-corrected chi connectivity index (χ3v) is 5.46. The maximum Gasteiger partial charge on any atom is 0.212 e. The van der Waals surface area contributed by atoms with Crippen LogP contribution in [0, 0.1) is 0 Å². The highest BCUT2D eigenvalue weighted by Gasteiger charge is 2.08. The molecule has 8 heteroatoms. The van der Waals surface area contributed by atoms with Crippen LogP contribution >= 0.6 is 22.7 Å². The van der Waals surface area contributed by atoms with Crippen LogP contribution in [-0.4, -0.2) is 15.9 Å². The number of nitrogens with two attached hydrogens (primary N) is 2. The summed E-state index contributed by atoms with van der Waals surface area (Å²) in [5, 5.41) is 7.16. The van der Waals surface area contributed by atoms with Gasteiger partial charge in [0.05, 0.1) is 17.1 Å². The van der Waals surface area contributed by atoms with Crippen molar-refractivity contribution in [3.63, 3.8) is 0 Å². The Morgan fingerprint density at radius 3 is 2.92 bits per heavy atom. The first-order chi connectivity index (χ1) is 12.2. The summed E-state index contributed by atoms with van der Waals surface area (Å²) in [7, 11) is 0. The molecule has 0 unspecified atom stereocenters. The van der Waals surface area contributed by atoms with Crippen LogP contribution in [0.15, 0.2) is 52.8 Å². The predicted molar refractivity (Wildman–Crippen MR) is 107 cm³/mol.